The zero-order valence-electron chi connectivity index (χ0n) is 10.1. The Morgan fingerprint density at radius 1 is 1.39 bits per heavy atom. The van der Waals surface area contributed by atoms with Crippen molar-refractivity contribution < 1.29 is 18.3 Å². The molecule has 0 fully saturated rings. The molecule has 3 N–H and O–H groups in total. The highest BCUT2D eigenvalue weighted by atomic mass is 19.1. The molecule has 0 saturated carbocycles. The van der Waals surface area contributed by atoms with E-state index in [-0.39, 0.29) is 5.56 Å². The Bertz CT molecular complexity index is 402. The van der Waals surface area contributed by atoms with Crippen LogP contribution in [0.4, 0.5) is 14.5 Å². The topological polar surface area (TPSA) is 64.3 Å². The smallest absolute Gasteiger partial charge is 0.251 e. The van der Waals surface area contributed by atoms with E-state index in [2.05, 4.69) is 5.32 Å². The van der Waals surface area contributed by atoms with E-state index in [1.165, 1.54) is 0 Å². The molecule has 1 rings (SSSR count). The number of nitrogens with one attached hydrogen (secondary N) is 1. The van der Waals surface area contributed by atoms with Gasteiger partial charge < -0.3 is 15.8 Å². The SMILES string of the molecule is CCOCCCNC(=O)c1cc(F)c(N)c(F)c1. The predicted octanol–water partition coefficient (Wildman–Crippen LogP) is 1.70. The van der Waals surface area contributed by atoms with Crippen molar-refractivity contribution in [3.63, 3.8) is 0 Å². The van der Waals surface area contributed by atoms with Crippen molar-refractivity contribution >= 4 is 11.6 Å². The van der Waals surface area contributed by atoms with Gasteiger partial charge in [-0.3, -0.25) is 4.79 Å². The Kier molecular flexibility index (Phi) is 5.51. The van der Waals surface area contributed by atoms with Gasteiger partial charge in [-0.1, -0.05) is 0 Å². The number of ether oxygens (including phenoxy) is 1. The minimum absolute atomic E-state index is 0.0874. The third-order valence-electron chi connectivity index (χ3n) is 2.30. The van der Waals surface area contributed by atoms with Crippen molar-refractivity contribution in [2.24, 2.45) is 0 Å². The number of carbonyl (C=O) groups excluding carboxylic acids is 1. The second-order valence-corrected chi connectivity index (χ2v) is 3.66. The van der Waals surface area contributed by atoms with E-state index in [4.69, 9.17) is 10.5 Å². The first-order chi connectivity index (χ1) is 8.56. The fourth-order valence-corrected chi connectivity index (χ4v) is 1.34. The third kappa shape index (κ3) is 3.96. The molecule has 1 aromatic rings. The van der Waals surface area contributed by atoms with Gasteiger partial charge in [-0.15, -0.1) is 0 Å². The summed E-state index contributed by atoms with van der Waals surface area (Å²) in [5, 5.41) is 2.54. The molecule has 100 valence electrons. The third-order valence-corrected chi connectivity index (χ3v) is 2.30. The molecule has 18 heavy (non-hydrogen) atoms. The number of hydrogen-bond acceptors (Lipinski definition) is 3. The number of amides is 1. The molecule has 0 saturated heterocycles. The molecule has 4 nitrogen and oxygen atoms in total. The minimum Gasteiger partial charge on any atom is -0.394 e. The number of carbonyl (C=O) groups is 1. The van der Waals surface area contributed by atoms with Crippen LogP contribution in [-0.4, -0.2) is 25.7 Å². The van der Waals surface area contributed by atoms with Crippen molar-refractivity contribution in [3.8, 4) is 0 Å². The fraction of sp³-hybridized carbons (Fsp3) is 0.417. The second kappa shape index (κ2) is 6.90. The van der Waals surface area contributed by atoms with Gasteiger partial charge in [0.15, 0.2) is 0 Å². The van der Waals surface area contributed by atoms with Crippen LogP contribution in [0.1, 0.15) is 23.7 Å². The number of nitrogens with two attached hydrogens (primary N) is 1. The first-order valence-electron chi connectivity index (χ1n) is 5.66. The maximum atomic E-state index is 13.1. The zero-order chi connectivity index (χ0) is 13.5. The van der Waals surface area contributed by atoms with E-state index in [1.807, 2.05) is 6.92 Å². The van der Waals surface area contributed by atoms with E-state index in [0.29, 0.717) is 26.2 Å². The summed E-state index contributed by atoms with van der Waals surface area (Å²) in [4.78, 5) is 11.6. The molecule has 0 heterocycles. The highest BCUT2D eigenvalue weighted by Gasteiger charge is 2.12. The number of halogens is 2. The number of nitrogen functional groups attached to an aromatic ring is 1. The second-order valence-electron chi connectivity index (χ2n) is 3.66. The average Bonchev–Trinajstić information content (AvgIpc) is 2.34. The molecular formula is C12H16F2N2O2. The minimum atomic E-state index is -0.936. The monoisotopic (exact) mass is 258 g/mol. The number of anilines is 1. The van der Waals surface area contributed by atoms with Crippen molar-refractivity contribution in [2.75, 3.05) is 25.5 Å². The molecule has 0 aliphatic carbocycles. The van der Waals surface area contributed by atoms with E-state index < -0.39 is 23.2 Å². The maximum absolute atomic E-state index is 13.1. The molecule has 0 bridgehead atoms. The van der Waals surface area contributed by atoms with Crippen LogP contribution in [0, 0.1) is 11.6 Å². The highest BCUT2D eigenvalue weighted by Crippen LogP contribution is 2.17. The highest BCUT2D eigenvalue weighted by molar-refractivity contribution is 5.94. The van der Waals surface area contributed by atoms with Crippen LogP contribution in [0.25, 0.3) is 0 Å². The largest absolute Gasteiger partial charge is 0.394 e. The lowest BCUT2D eigenvalue weighted by Crippen LogP contribution is -2.25. The molecule has 0 aromatic heterocycles. The van der Waals surface area contributed by atoms with Gasteiger partial charge in [0, 0.05) is 25.3 Å². The molecule has 0 spiro atoms. The van der Waals surface area contributed by atoms with E-state index in [1.54, 1.807) is 0 Å². The van der Waals surface area contributed by atoms with Crippen LogP contribution in [-0.2, 0) is 4.74 Å². The molecule has 6 heteroatoms. The number of rotatable bonds is 6. The van der Waals surface area contributed by atoms with E-state index >= 15 is 0 Å². The summed E-state index contributed by atoms with van der Waals surface area (Å²) in [6.45, 7) is 3.40. The van der Waals surface area contributed by atoms with Crippen molar-refractivity contribution in [3.05, 3.63) is 29.3 Å². The number of benzene rings is 1. The van der Waals surface area contributed by atoms with Crippen LogP contribution < -0.4 is 11.1 Å². The Balaban J connectivity index is 2.52. The number of hydrogen-bond donors (Lipinski definition) is 2. The van der Waals surface area contributed by atoms with Gasteiger partial charge in [0.05, 0.1) is 0 Å². The Morgan fingerprint density at radius 3 is 2.56 bits per heavy atom. The van der Waals surface area contributed by atoms with Gasteiger partial charge in [-0.25, -0.2) is 8.78 Å². The first kappa shape index (κ1) is 14.4. The fourth-order valence-electron chi connectivity index (χ4n) is 1.34. The Labute approximate surface area is 104 Å². The molecule has 1 aromatic carbocycles. The lowest BCUT2D eigenvalue weighted by molar-refractivity contribution is 0.0943. The molecule has 0 aliphatic heterocycles. The lowest BCUT2D eigenvalue weighted by Gasteiger charge is -2.07. The van der Waals surface area contributed by atoms with E-state index in [0.717, 1.165) is 12.1 Å². The molecule has 0 unspecified atom stereocenters. The van der Waals surface area contributed by atoms with Crippen LogP contribution in [0.5, 0.6) is 0 Å². The van der Waals surface area contributed by atoms with Gasteiger partial charge in [0.2, 0.25) is 0 Å². The quantitative estimate of drug-likeness (QED) is 0.603. The molecule has 0 radical (unpaired) electrons. The standard InChI is InChI=1S/C12H16F2N2O2/c1-2-18-5-3-4-16-12(17)8-6-9(13)11(15)10(14)7-8/h6-7H,2-5,15H2,1H3,(H,16,17). The van der Waals surface area contributed by atoms with Crippen molar-refractivity contribution in [1.82, 2.24) is 5.32 Å². The van der Waals surface area contributed by atoms with Gasteiger partial charge in [0.1, 0.15) is 17.3 Å². The molecule has 0 atom stereocenters. The van der Waals surface area contributed by atoms with Crippen LogP contribution >= 0.6 is 0 Å². The normalized spacial score (nSPS) is 10.4. The summed E-state index contributed by atoms with van der Waals surface area (Å²) in [6.07, 6.45) is 0.638. The van der Waals surface area contributed by atoms with E-state index in [9.17, 15) is 13.6 Å². The lowest BCUT2D eigenvalue weighted by atomic mass is 10.1. The Hall–Kier alpha value is -1.69. The predicted molar refractivity (Wildman–Crippen MR) is 64.2 cm³/mol. The van der Waals surface area contributed by atoms with Gasteiger partial charge in [0.25, 0.3) is 5.91 Å². The van der Waals surface area contributed by atoms with Crippen LogP contribution in [0.3, 0.4) is 0 Å². The van der Waals surface area contributed by atoms with Crippen molar-refractivity contribution in [1.29, 1.82) is 0 Å². The molecule has 1 amide bonds. The summed E-state index contributed by atoms with van der Waals surface area (Å²) in [5.74, 6) is -2.41. The van der Waals surface area contributed by atoms with Gasteiger partial charge in [-0.2, -0.15) is 0 Å². The average molecular weight is 258 g/mol. The zero-order valence-corrected chi connectivity index (χ0v) is 10.1. The molecule has 0 aliphatic rings. The van der Waals surface area contributed by atoms with Crippen molar-refractivity contribution in [2.45, 2.75) is 13.3 Å². The summed E-state index contributed by atoms with van der Waals surface area (Å²) in [6, 6.07) is 1.83. The Morgan fingerprint density at radius 2 is 2.00 bits per heavy atom. The van der Waals surface area contributed by atoms with Gasteiger partial charge in [-0.05, 0) is 25.5 Å². The summed E-state index contributed by atoms with van der Waals surface area (Å²) < 4.78 is 31.3. The molecular weight excluding hydrogens is 242 g/mol. The van der Waals surface area contributed by atoms with Gasteiger partial charge >= 0.3 is 0 Å². The van der Waals surface area contributed by atoms with Crippen LogP contribution in [0.15, 0.2) is 12.1 Å². The first-order valence-corrected chi connectivity index (χ1v) is 5.66. The van der Waals surface area contributed by atoms with Crippen LogP contribution in [0.2, 0.25) is 0 Å². The summed E-state index contributed by atoms with van der Waals surface area (Å²) >= 11 is 0. The maximum Gasteiger partial charge on any atom is 0.251 e. The summed E-state index contributed by atoms with van der Waals surface area (Å²) in [5.41, 5.74) is 4.44. The summed E-state index contributed by atoms with van der Waals surface area (Å²) in [7, 11) is 0.